The van der Waals surface area contributed by atoms with Crippen molar-refractivity contribution < 1.29 is 36.9 Å². The molecule has 8 nitrogen and oxygen atoms in total. The molecule has 0 amide bonds. The highest BCUT2D eigenvalue weighted by atomic mass is 32.2. The van der Waals surface area contributed by atoms with Crippen molar-refractivity contribution in [1.82, 2.24) is 0 Å². The molecule has 0 unspecified atom stereocenters. The number of carbonyl (C=O) groups is 1. The Morgan fingerprint density at radius 3 is 2.60 bits per heavy atom. The van der Waals surface area contributed by atoms with Gasteiger partial charge in [-0.1, -0.05) is 18.2 Å². The minimum atomic E-state index is -3.00. The van der Waals surface area contributed by atoms with Gasteiger partial charge in [-0.25, -0.2) is 8.42 Å². The van der Waals surface area contributed by atoms with E-state index in [9.17, 15) is 13.2 Å². The fourth-order valence-electron chi connectivity index (χ4n) is 5.06. The maximum atomic E-state index is 11.5. The third-order valence-electron chi connectivity index (χ3n) is 7.16. The van der Waals surface area contributed by atoms with E-state index >= 15 is 0 Å². The van der Waals surface area contributed by atoms with Crippen molar-refractivity contribution in [2.45, 2.75) is 38.2 Å². The number of methoxy groups -OCH3 is 1. The third-order valence-corrected chi connectivity index (χ3v) is 8.19. The molecule has 0 radical (unpaired) electrons. The highest BCUT2D eigenvalue weighted by Crippen LogP contribution is 2.40. The Hall–Kier alpha value is -3.72. The second-order valence-corrected chi connectivity index (χ2v) is 12.5. The molecular weight excluding hydrogens is 532 g/mol. The number of rotatable bonds is 11. The zero-order valence-corrected chi connectivity index (χ0v) is 23.6. The first-order chi connectivity index (χ1) is 19.3. The Kier molecular flexibility index (Phi) is 8.49. The van der Waals surface area contributed by atoms with E-state index in [-0.39, 0.29) is 17.6 Å². The predicted octanol–water partition coefficient (Wildman–Crippen LogP) is 5.11. The van der Waals surface area contributed by atoms with Gasteiger partial charge >= 0.3 is 5.97 Å². The summed E-state index contributed by atoms with van der Waals surface area (Å²) in [5, 5.41) is 0. The number of hydrogen-bond donors (Lipinski definition) is 0. The van der Waals surface area contributed by atoms with Crippen LogP contribution in [0.4, 0.5) is 0 Å². The number of benzene rings is 3. The van der Waals surface area contributed by atoms with Crippen LogP contribution in [-0.2, 0) is 32.4 Å². The number of carbonyl (C=O) groups excluding carboxylic acids is 1. The van der Waals surface area contributed by atoms with Crippen molar-refractivity contribution in [2.24, 2.45) is 0 Å². The largest absolute Gasteiger partial charge is 0.494 e. The summed E-state index contributed by atoms with van der Waals surface area (Å²) < 4.78 is 51.3. The average Bonchev–Trinajstić information content (AvgIpc) is 3.25. The Bertz CT molecular complexity index is 1480. The molecule has 0 aromatic heterocycles. The van der Waals surface area contributed by atoms with Gasteiger partial charge in [0.2, 0.25) is 0 Å². The normalized spacial score (nSPS) is 15.5. The van der Waals surface area contributed by atoms with Gasteiger partial charge in [-0.2, -0.15) is 0 Å². The molecular formula is C31H34O8S. The summed E-state index contributed by atoms with van der Waals surface area (Å²) in [6.07, 6.45) is 3.49. The van der Waals surface area contributed by atoms with Crippen LogP contribution in [-0.4, -0.2) is 53.3 Å². The van der Waals surface area contributed by atoms with Gasteiger partial charge in [0.05, 0.1) is 32.7 Å². The summed E-state index contributed by atoms with van der Waals surface area (Å²) in [7, 11) is -1.59. The molecule has 0 spiro atoms. The summed E-state index contributed by atoms with van der Waals surface area (Å²) in [5.74, 6) is 3.14. The molecule has 1 atom stereocenters. The van der Waals surface area contributed by atoms with E-state index in [0.29, 0.717) is 45.7 Å². The first-order valence-corrected chi connectivity index (χ1v) is 15.5. The Morgan fingerprint density at radius 2 is 1.77 bits per heavy atom. The minimum Gasteiger partial charge on any atom is -0.494 e. The van der Waals surface area contributed by atoms with Gasteiger partial charge in [0.15, 0.2) is 0 Å². The van der Waals surface area contributed by atoms with Gasteiger partial charge in [0.25, 0.3) is 0 Å². The third kappa shape index (κ3) is 6.88. The van der Waals surface area contributed by atoms with E-state index in [0.717, 1.165) is 57.2 Å². The first-order valence-electron chi connectivity index (χ1n) is 13.4. The molecule has 2 aliphatic heterocycles. The summed E-state index contributed by atoms with van der Waals surface area (Å²) in [6.45, 7) is 1.84. The lowest BCUT2D eigenvalue weighted by atomic mass is 9.96. The van der Waals surface area contributed by atoms with Gasteiger partial charge < -0.3 is 23.7 Å². The summed E-state index contributed by atoms with van der Waals surface area (Å²) in [6, 6.07) is 17.9. The molecule has 2 heterocycles. The van der Waals surface area contributed by atoms with Crippen LogP contribution in [0, 0.1) is 0 Å². The lowest BCUT2D eigenvalue weighted by molar-refractivity contribution is -0.140. The maximum Gasteiger partial charge on any atom is 0.305 e. The number of esters is 1. The molecule has 2 aliphatic rings. The highest BCUT2D eigenvalue weighted by Gasteiger charge is 2.25. The van der Waals surface area contributed by atoms with Crippen molar-refractivity contribution in [3.8, 4) is 34.1 Å². The smallest absolute Gasteiger partial charge is 0.305 e. The monoisotopic (exact) mass is 566 g/mol. The second kappa shape index (κ2) is 12.2. The molecule has 3 aromatic rings. The van der Waals surface area contributed by atoms with Gasteiger partial charge in [-0.15, -0.1) is 0 Å². The van der Waals surface area contributed by atoms with Crippen LogP contribution in [0.1, 0.15) is 41.9 Å². The van der Waals surface area contributed by atoms with Crippen LogP contribution in [0.3, 0.4) is 0 Å². The van der Waals surface area contributed by atoms with Crippen molar-refractivity contribution in [2.75, 3.05) is 38.9 Å². The van der Waals surface area contributed by atoms with Gasteiger partial charge in [0, 0.05) is 42.2 Å². The van der Waals surface area contributed by atoms with Crippen molar-refractivity contribution >= 4 is 15.8 Å². The highest BCUT2D eigenvalue weighted by molar-refractivity contribution is 7.90. The molecule has 212 valence electrons. The van der Waals surface area contributed by atoms with Gasteiger partial charge in [0.1, 0.15) is 39.4 Å². The van der Waals surface area contributed by atoms with Gasteiger partial charge in [-0.05, 0) is 59.9 Å². The topological polar surface area (TPSA) is 97.4 Å². The van der Waals surface area contributed by atoms with E-state index in [1.54, 1.807) is 0 Å². The Morgan fingerprint density at radius 1 is 0.950 bits per heavy atom. The first kappa shape index (κ1) is 27.8. The molecule has 3 aromatic carbocycles. The molecule has 0 bridgehead atoms. The van der Waals surface area contributed by atoms with E-state index < -0.39 is 9.84 Å². The molecule has 0 fully saturated rings. The molecule has 0 aliphatic carbocycles. The van der Waals surface area contributed by atoms with Gasteiger partial charge in [-0.3, -0.25) is 4.79 Å². The fraction of sp³-hybridized carbons (Fsp3) is 0.387. The lowest BCUT2D eigenvalue weighted by Gasteiger charge is -2.14. The summed E-state index contributed by atoms with van der Waals surface area (Å²) in [4.78, 5) is 11.5. The zero-order chi connectivity index (χ0) is 28.1. The number of ether oxygens (including phenoxy) is 5. The van der Waals surface area contributed by atoms with E-state index in [1.807, 2.05) is 48.5 Å². The van der Waals surface area contributed by atoms with Crippen molar-refractivity contribution in [1.29, 1.82) is 0 Å². The van der Waals surface area contributed by atoms with E-state index in [4.69, 9.17) is 23.7 Å². The van der Waals surface area contributed by atoms with Crippen LogP contribution in [0.25, 0.3) is 11.1 Å². The van der Waals surface area contributed by atoms with Crippen molar-refractivity contribution in [3.05, 3.63) is 71.3 Å². The number of sulfone groups is 1. The standard InChI is InChI=1S/C31H34O8S/c1-35-31(32)11-5-23-20-39-30-18-25(7-9-27(23)30)38-19-21-4-10-29-28(16-21)26-8-6-24(17-22(26)12-14-37-29)36-13-3-15-40(2,33)34/h4,6-10,16-18,23H,3,5,11-15,19-20H2,1-2H3/t23-/m1/s1. The Labute approximate surface area is 235 Å². The van der Waals surface area contributed by atoms with Crippen LogP contribution in [0.5, 0.6) is 23.0 Å². The minimum absolute atomic E-state index is 0.111. The van der Waals surface area contributed by atoms with Crippen LogP contribution >= 0.6 is 0 Å². The van der Waals surface area contributed by atoms with E-state index in [2.05, 4.69) is 6.07 Å². The average molecular weight is 567 g/mol. The maximum absolute atomic E-state index is 11.5. The molecule has 9 heteroatoms. The van der Waals surface area contributed by atoms with E-state index in [1.165, 1.54) is 13.4 Å². The van der Waals surface area contributed by atoms with Crippen LogP contribution in [0.15, 0.2) is 54.6 Å². The van der Waals surface area contributed by atoms with Crippen LogP contribution < -0.4 is 18.9 Å². The van der Waals surface area contributed by atoms with Crippen LogP contribution in [0.2, 0.25) is 0 Å². The number of fused-ring (bicyclic) bond motifs is 4. The van der Waals surface area contributed by atoms with Crippen molar-refractivity contribution in [3.63, 3.8) is 0 Å². The summed E-state index contributed by atoms with van der Waals surface area (Å²) in [5.41, 5.74) is 5.31. The second-order valence-electron chi connectivity index (χ2n) is 10.2. The molecule has 0 N–H and O–H groups in total. The molecule has 0 saturated carbocycles. The molecule has 0 saturated heterocycles. The molecule has 40 heavy (non-hydrogen) atoms. The Balaban J connectivity index is 1.24. The molecule has 5 rings (SSSR count). The SMILES string of the molecule is COC(=O)CC[C@@H]1COc2cc(OCc3ccc4c(c3)-c3ccc(OCCCS(C)(=O)=O)cc3CCO4)ccc21. The fourth-order valence-corrected chi connectivity index (χ4v) is 5.70. The quantitative estimate of drug-likeness (QED) is 0.233. The lowest BCUT2D eigenvalue weighted by Crippen LogP contribution is -2.08. The number of hydrogen-bond acceptors (Lipinski definition) is 8. The summed E-state index contributed by atoms with van der Waals surface area (Å²) >= 11 is 0. The predicted molar refractivity (Wildman–Crippen MR) is 151 cm³/mol. The zero-order valence-electron chi connectivity index (χ0n) is 22.8.